The topological polar surface area (TPSA) is 49.2 Å². The number of benzene rings is 1. The van der Waals surface area contributed by atoms with Gasteiger partial charge < -0.3 is 9.64 Å². The SMILES string of the molecule is N#Cc1ccc(N2CCC(Oc3nccs3)CC2)cc1. The molecule has 1 aromatic heterocycles. The predicted molar refractivity (Wildman–Crippen MR) is 79.1 cm³/mol. The van der Waals surface area contributed by atoms with Gasteiger partial charge in [0, 0.05) is 43.2 Å². The van der Waals surface area contributed by atoms with Crippen LogP contribution in [0.3, 0.4) is 0 Å². The minimum atomic E-state index is 0.260. The third kappa shape index (κ3) is 2.91. The molecule has 0 bridgehead atoms. The number of thiazole rings is 1. The average Bonchev–Trinajstić information content (AvgIpc) is 3.01. The highest BCUT2D eigenvalue weighted by Crippen LogP contribution is 2.24. The standard InChI is InChI=1S/C15H15N3OS/c16-11-12-1-3-13(4-2-12)18-8-5-14(6-9-18)19-15-17-7-10-20-15/h1-4,7,10,14H,5-6,8-9H2. The Hall–Kier alpha value is -2.06. The number of anilines is 1. The lowest BCUT2D eigenvalue weighted by molar-refractivity contribution is 0.170. The van der Waals surface area contributed by atoms with E-state index in [4.69, 9.17) is 10.00 Å². The van der Waals surface area contributed by atoms with Crippen molar-refractivity contribution in [3.8, 4) is 11.3 Å². The van der Waals surface area contributed by atoms with Crippen LogP contribution in [-0.2, 0) is 0 Å². The number of rotatable bonds is 3. The maximum Gasteiger partial charge on any atom is 0.273 e. The number of nitrogens with zero attached hydrogens (tertiary/aromatic N) is 3. The molecule has 3 rings (SSSR count). The molecule has 0 amide bonds. The first-order valence-electron chi connectivity index (χ1n) is 6.66. The molecule has 5 heteroatoms. The van der Waals surface area contributed by atoms with Gasteiger partial charge in [-0.1, -0.05) is 11.3 Å². The van der Waals surface area contributed by atoms with E-state index < -0.39 is 0 Å². The van der Waals surface area contributed by atoms with Gasteiger partial charge in [-0.15, -0.1) is 0 Å². The summed E-state index contributed by atoms with van der Waals surface area (Å²) in [6, 6.07) is 9.91. The molecule has 0 atom stereocenters. The first-order chi connectivity index (χ1) is 9.85. The highest BCUT2D eigenvalue weighted by molar-refractivity contribution is 7.11. The fourth-order valence-corrected chi connectivity index (χ4v) is 2.94. The molecule has 1 fully saturated rings. The minimum absolute atomic E-state index is 0.260. The molecular formula is C15H15N3OS. The molecule has 102 valence electrons. The predicted octanol–water partition coefficient (Wildman–Crippen LogP) is 3.06. The van der Waals surface area contributed by atoms with Crippen molar-refractivity contribution in [2.24, 2.45) is 0 Å². The van der Waals surface area contributed by atoms with Crippen LogP contribution in [0.5, 0.6) is 5.19 Å². The molecule has 1 aliphatic rings. The van der Waals surface area contributed by atoms with Crippen LogP contribution in [0.2, 0.25) is 0 Å². The van der Waals surface area contributed by atoms with E-state index in [1.165, 1.54) is 5.69 Å². The lowest BCUT2D eigenvalue weighted by Crippen LogP contribution is -2.38. The van der Waals surface area contributed by atoms with Gasteiger partial charge in [0.15, 0.2) is 0 Å². The van der Waals surface area contributed by atoms with Crippen molar-refractivity contribution in [1.82, 2.24) is 4.98 Å². The van der Waals surface area contributed by atoms with Crippen LogP contribution < -0.4 is 9.64 Å². The second-order valence-corrected chi connectivity index (χ2v) is 5.62. The third-order valence-electron chi connectivity index (χ3n) is 3.48. The largest absolute Gasteiger partial charge is 0.467 e. The second kappa shape index (κ2) is 5.93. The first kappa shape index (κ1) is 12.9. The summed E-state index contributed by atoms with van der Waals surface area (Å²) in [6.45, 7) is 1.95. The Morgan fingerprint density at radius 2 is 2.00 bits per heavy atom. The van der Waals surface area contributed by atoms with Gasteiger partial charge in [0.1, 0.15) is 6.10 Å². The third-order valence-corrected chi connectivity index (χ3v) is 4.14. The molecule has 0 radical (unpaired) electrons. The zero-order chi connectivity index (χ0) is 13.8. The quantitative estimate of drug-likeness (QED) is 0.869. The van der Waals surface area contributed by atoms with Crippen LogP contribution >= 0.6 is 11.3 Å². The Morgan fingerprint density at radius 1 is 1.25 bits per heavy atom. The van der Waals surface area contributed by atoms with Crippen LogP contribution in [0.25, 0.3) is 0 Å². The van der Waals surface area contributed by atoms with Crippen LogP contribution in [0.15, 0.2) is 35.8 Å². The summed E-state index contributed by atoms with van der Waals surface area (Å²) in [5, 5.41) is 11.5. The van der Waals surface area contributed by atoms with Gasteiger partial charge in [0.25, 0.3) is 5.19 Å². The van der Waals surface area contributed by atoms with Gasteiger partial charge in [0.05, 0.1) is 11.6 Å². The Kier molecular flexibility index (Phi) is 3.84. The summed E-state index contributed by atoms with van der Waals surface area (Å²) in [5.41, 5.74) is 1.88. The average molecular weight is 285 g/mol. The maximum absolute atomic E-state index is 8.81. The Bertz CT molecular complexity index is 581. The lowest BCUT2D eigenvalue weighted by atomic mass is 10.1. The Morgan fingerprint density at radius 3 is 2.60 bits per heavy atom. The summed E-state index contributed by atoms with van der Waals surface area (Å²) < 4.78 is 5.85. The highest BCUT2D eigenvalue weighted by atomic mass is 32.1. The van der Waals surface area contributed by atoms with E-state index >= 15 is 0 Å². The van der Waals surface area contributed by atoms with Crippen molar-refractivity contribution >= 4 is 17.0 Å². The summed E-state index contributed by atoms with van der Waals surface area (Å²) >= 11 is 1.54. The smallest absolute Gasteiger partial charge is 0.273 e. The highest BCUT2D eigenvalue weighted by Gasteiger charge is 2.21. The molecule has 2 heterocycles. The molecule has 0 aliphatic carbocycles. The maximum atomic E-state index is 8.81. The van der Waals surface area contributed by atoms with Crippen molar-refractivity contribution in [1.29, 1.82) is 5.26 Å². The fourth-order valence-electron chi connectivity index (χ4n) is 2.39. The van der Waals surface area contributed by atoms with E-state index in [1.807, 2.05) is 29.6 Å². The molecule has 0 spiro atoms. The van der Waals surface area contributed by atoms with Crippen molar-refractivity contribution in [2.75, 3.05) is 18.0 Å². The van der Waals surface area contributed by atoms with E-state index in [0.29, 0.717) is 5.56 Å². The minimum Gasteiger partial charge on any atom is -0.467 e. The van der Waals surface area contributed by atoms with E-state index in [-0.39, 0.29) is 6.10 Å². The van der Waals surface area contributed by atoms with Crippen LogP contribution in [0.1, 0.15) is 18.4 Å². The number of ether oxygens (including phenoxy) is 1. The number of aromatic nitrogens is 1. The zero-order valence-corrected chi connectivity index (χ0v) is 11.8. The van der Waals surface area contributed by atoms with Crippen LogP contribution in [-0.4, -0.2) is 24.2 Å². The van der Waals surface area contributed by atoms with E-state index in [1.54, 1.807) is 17.5 Å². The zero-order valence-electron chi connectivity index (χ0n) is 11.0. The molecule has 1 aliphatic heterocycles. The van der Waals surface area contributed by atoms with Crippen molar-refractivity contribution < 1.29 is 4.74 Å². The van der Waals surface area contributed by atoms with Gasteiger partial charge in [-0.05, 0) is 24.3 Å². The summed E-state index contributed by atoms with van der Waals surface area (Å²) in [6.07, 6.45) is 4.03. The van der Waals surface area contributed by atoms with Crippen LogP contribution in [0, 0.1) is 11.3 Å². The first-order valence-corrected chi connectivity index (χ1v) is 7.54. The molecule has 0 saturated carbocycles. The van der Waals surface area contributed by atoms with Gasteiger partial charge in [0.2, 0.25) is 0 Å². The number of nitriles is 1. The molecule has 20 heavy (non-hydrogen) atoms. The van der Waals surface area contributed by atoms with Gasteiger partial charge in [-0.25, -0.2) is 4.98 Å². The summed E-state index contributed by atoms with van der Waals surface area (Å²) in [5.74, 6) is 0. The molecular weight excluding hydrogens is 270 g/mol. The van der Waals surface area contributed by atoms with Crippen molar-refractivity contribution in [3.63, 3.8) is 0 Å². The Balaban J connectivity index is 1.56. The van der Waals surface area contributed by atoms with E-state index in [0.717, 1.165) is 31.1 Å². The van der Waals surface area contributed by atoms with Gasteiger partial charge >= 0.3 is 0 Å². The molecule has 0 unspecified atom stereocenters. The van der Waals surface area contributed by atoms with Crippen LogP contribution in [0.4, 0.5) is 5.69 Å². The molecule has 4 nitrogen and oxygen atoms in total. The van der Waals surface area contributed by atoms with Gasteiger partial charge in [-0.2, -0.15) is 5.26 Å². The number of hydrogen-bond donors (Lipinski definition) is 0. The fraction of sp³-hybridized carbons (Fsp3) is 0.333. The lowest BCUT2D eigenvalue weighted by Gasteiger charge is -2.33. The molecule has 1 saturated heterocycles. The summed E-state index contributed by atoms with van der Waals surface area (Å²) in [4.78, 5) is 6.49. The number of piperidine rings is 1. The van der Waals surface area contributed by atoms with Crippen molar-refractivity contribution in [3.05, 3.63) is 41.4 Å². The number of hydrogen-bond acceptors (Lipinski definition) is 5. The Labute approximate surface area is 122 Å². The second-order valence-electron chi connectivity index (χ2n) is 4.76. The van der Waals surface area contributed by atoms with E-state index in [9.17, 15) is 0 Å². The van der Waals surface area contributed by atoms with E-state index in [2.05, 4.69) is 16.0 Å². The monoisotopic (exact) mass is 285 g/mol. The van der Waals surface area contributed by atoms with Crippen molar-refractivity contribution in [2.45, 2.75) is 18.9 Å². The normalized spacial score (nSPS) is 15.8. The molecule has 0 N–H and O–H groups in total. The molecule has 1 aromatic carbocycles. The van der Waals surface area contributed by atoms with Gasteiger partial charge in [-0.3, -0.25) is 0 Å². The molecule has 2 aromatic rings. The summed E-state index contributed by atoms with van der Waals surface area (Å²) in [7, 11) is 0.